The number of fused-ring (bicyclic) bond motifs is 1. The number of anilines is 1. The zero-order valence-electron chi connectivity index (χ0n) is 10.4. The highest BCUT2D eigenvalue weighted by molar-refractivity contribution is 5.59. The maximum Gasteiger partial charge on any atom is 0.210 e. The first-order valence-electron chi connectivity index (χ1n) is 6.51. The maximum atomic E-state index is 10.9. The molecule has 2 aliphatic rings. The van der Waals surface area contributed by atoms with Crippen molar-refractivity contribution < 1.29 is 9.53 Å². The molecule has 4 nitrogen and oxygen atoms in total. The van der Waals surface area contributed by atoms with E-state index in [4.69, 9.17) is 4.74 Å². The average Bonchev–Trinajstić information content (AvgIpc) is 2.91. The van der Waals surface area contributed by atoms with E-state index in [-0.39, 0.29) is 0 Å². The summed E-state index contributed by atoms with van der Waals surface area (Å²) in [6, 6.07) is 6.76. The highest BCUT2D eigenvalue weighted by Crippen LogP contribution is 2.27. The highest BCUT2D eigenvalue weighted by Gasteiger charge is 2.21. The lowest BCUT2D eigenvalue weighted by Gasteiger charge is -2.28. The Morgan fingerprint density at radius 2 is 2.39 bits per heavy atom. The summed E-state index contributed by atoms with van der Waals surface area (Å²) < 4.78 is 5.39. The standard InChI is InChI=1S/C14H18N2O2/c17-10-16-6-4-11-2-1-3-14(13(11)8-16)15-12-5-7-18-9-12/h1-3,10,12,15H,4-9H2. The number of hydrogen-bond donors (Lipinski definition) is 1. The second-order valence-electron chi connectivity index (χ2n) is 4.97. The van der Waals surface area contributed by atoms with E-state index >= 15 is 0 Å². The molecule has 0 radical (unpaired) electrons. The van der Waals surface area contributed by atoms with E-state index in [0.29, 0.717) is 6.04 Å². The first kappa shape index (κ1) is 11.5. The molecule has 18 heavy (non-hydrogen) atoms. The van der Waals surface area contributed by atoms with Gasteiger partial charge in [0.1, 0.15) is 0 Å². The van der Waals surface area contributed by atoms with Crippen LogP contribution in [0.25, 0.3) is 0 Å². The lowest BCUT2D eigenvalue weighted by Crippen LogP contribution is -2.30. The van der Waals surface area contributed by atoms with Gasteiger partial charge in [-0.15, -0.1) is 0 Å². The van der Waals surface area contributed by atoms with Crippen LogP contribution in [0.15, 0.2) is 18.2 Å². The first-order chi connectivity index (χ1) is 8.86. The zero-order chi connectivity index (χ0) is 12.4. The Morgan fingerprint density at radius 1 is 1.44 bits per heavy atom. The Hall–Kier alpha value is -1.55. The number of hydrogen-bond acceptors (Lipinski definition) is 3. The van der Waals surface area contributed by atoms with E-state index in [9.17, 15) is 4.79 Å². The van der Waals surface area contributed by atoms with E-state index in [1.165, 1.54) is 11.1 Å². The molecule has 1 atom stereocenters. The third-order valence-electron chi connectivity index (χ3n) is 3.74. The van der Waals surface area contributed by atoms with E-state index < -0.39 is 0 Å². The fourth-order valence-corrected chi connectivity index (χ4v) is 2.70. The summed E-state index contributed by atoms with van der Waals surface area (Å²) in [7, 11) is 0. The molecule has 0 spiro atoms. The predicted octanol–water partition coefficient (Wildman–Crippen LogP) is 1.40. The lowest BCUT2D eigenvalue weighted by molar-refractivity contribution is -0.118. The molecule has 0 bridgehead atoms. The quantitative estimate of drug-likeness (QED) is 0.820. The Balaban J connectivity index is 1.83. The summed E-state index contributed by atoms with van der Waals surface area (Å²) in [6.45, 7) is 3.16. The van der Waals surface area contributed by atoms with Crippen LogP contribution in [0.3, 0.4) is 0 Å². The van der Waals surface area contributed by atoms with Crippen molar-refractivity contribution in [3.63, 3.8) is 0 Å². The fourth-order valence-electron chi connectivity index (χ4n) is 2.70. The summed E-state index contributed by atoms with van der Waals surface area (Å²) in [5.74, 6) is 0. The molecule has 1 aromatic rings. The molecule has 96 valence electrons. The van der Waals surface area contributed by atoms with Crippen molar-refractivity contribution in [2.75, 3.05) is 25.1 Å². The largest absolute Gasteiger partial charge is 0.380 e. The van der Waals surface area contributed by atoms with Gasteiger partial charge in [-0.1, -0.05) is 12.1 Å². The summed E-state index contributed by atoms with van der Waals surface area (Å²) in [5.41, 5.74) is 3.79. The molecule has 2 aliphatic heterocycles. The minimum Gasteiger partial charge on any atom is -0.380 e. The Bertz CT molecular complexity index is 441. The second-order valence-corrected chi connectivity index (χ2v) is 4.97. The summed E-state index contributed by atoms with van der Waals surface area (Å²) in [5, 5.41) is 3.55. The van der Waals surface area contributed by atoms with Crippen LogP contribution in [0.5, 0.6) is 0 Å². The van der Waals surface area contributed by atoms with Crippen LogP contribution in [0.1, 0.15) is 17.5 Å². The van der Waals surface area contributed by atoms with Crippen LogP contribution in [-0.2, 0) is 22.5 Å². The van der Waals surface area contributed by atoms with Crippen LogP contribution in [0.4, 0.5) is 5.69 Å². The van der Waals surface area contributed by atoms with E-state index in [2.05, 4.69) is 23.5 Å². The van der Waals surface area contributed by atoms with Gasteiger partial charge in [-0.25, -0.2) is 0 Å². The van der Waals surface area contributed by atoms with Crippen molar-refractivity contribution in [3.05, 3.63) is 29.3 Å². The third-order valence-corrected chi connectivity index (χ3v) is 3.74. The number of benzene rings is 1. The van der Waals surface area contributed by atoms with Gasteiger partial charge < -0.3 is 15.0 Å². The number of ether oxygens (including phenoxy) is 1. The fraction of sp³-hybridized carbons (Fsp3) is 0.500. The van der Waals surface area contributed by atoms with Crippen molar-refractivity contribution in [2.45, 2.75) is 25.4 Å². The van der Waals surface area contributed by atoms with Gasteiger partial charge in [0.05, 0.1) is 12.6 Å². The molecular weight excluding hydrogens is 228 g/mol. The normalized spacial score (nSPS) is 22.7. The van der Waals surface area contributed by atoms with Crippen LogP contribution in [0.2, 0.25) is 0 Å². The van der Waals surface area contributed by atoms with Crippen molar-refractivity contribution in [2.24, 2.45) is 0 Å². The van der Waals surface area contributed by atoms with E-state index in [1.54, 1.807) is 0 Å². The molecule has 1 fully saturated rings. The van der Waals surface area contributed by atoms with Crippen molar-refractivity contribution in [3.8, 4) is 0 Å². The number of amides is 1. The topological polar surface area (TPSA) is 41.6 Å². The number of nitrogens with one attached hydrogen (secondary N) is 1. The Labute approximate surface area is 107 Å². The van der Waals surface area contributed by atoms with Gasteiger partial charge in [-0.05, 0) is 30.0 Å². The summed E-state index contributed by atoms with van der Waals surface area (Å²) in [6.07, 6.45) is 2.95. The molecule has 1 saturated heterocycles. The molecule has 1 aromatic carbocycles. The average molecular weight is 246 g/mol. The van der Waals surface area contributed by atoms with Gasteiger partial charge in [0.2, 0.25) is 6.41 Å². The molecule has 1 amide bonds. The second kappa shape index (κ2) is 4.98. The number of carbonyl (C=O) groups excluding carboxylic acids is 1. The Kier molecular flexibility index (Phi) is 3.19. The van der Waals surface area contributed by atoms with Gasteiger partial charge >= 0.3 is 0 Å². The summed E-state index contributed by atoms with van der Waals surface area (Å²) >= 11 is 0. The van der Waals surface area contributed by atoms with Gasteiger partial charge in [0.25, 0.3) is 0 Å². The van der Waals surface area contributed by atoms with E-state index in [0.717, 1.165) is 51.2 Å². The SMILES string of the molecule is O=CN1CCc2cccc(NC3CCOC3)c2C1. The zero-order valence-corrected chi connectivity index (χ0v) is 10.4. The van der Waals surface area contributed by atoms with Crippen molar-refractivity contribution >= 4 is 12.1 Å². The van der Waals surface area contributed by atoms with Crippen LogP contribution < -0.4 is 5.32 Å². The smallest absolute Gasteiger partial charge is 0.210 e. The molecule has 2 heterocycles. The molecule has 0 aliphatic carbocycles. The van der Waals surface area contributed by atoms with Gasteiger partial charge in [-0.2, -0.15) is 0 Å². The molecule has 4 heteroatoms. The monoisotopic (exact) mass is 246 g/mol. The van der Waals surface area contributed by atoms with Gasteiger partial charge in [0.15, 0.2) is 0 Å². The number of carbonyl (C=O) groups is 1. The lowest BCUT2D eigenvalue weighted by atomic mass is 9.98. The minimum atomic E-state index is 0.406. The minimum absolute atomic E-state index is 0.406. The van der Waals surface area contributed by atoms with Crippen LogP contribution in [-0.4, -0.2) is 37.1 Å². The molecule has 3 rings (SSSR count). The number of rotatable bonds is 3. The molecular formula is C14H18N2O2. The Morgan fingerprint density at radius 3 is 3.17 bits per heavy atom. The molecule has 1 N–H and O–H groups in total. The predicted molar refractivity (Wildman–Crippen MR) is 69.5 cm³/mol. The first-order valence-corrected chi connectivity index (χ1v) is 6.51. The van der Waals surface area contributed by atoms with Gasteiger partial charge in [-0.3, -0.25) is 4.79 Å². The number of nitrogens with zero attached hydrogens (tertiary/aromatic N) is 1. The third kappa shape index (κ3) is 2.20. The maximum absolute atomic E-state index is 10.9. The molecule has 0 saturated carbocycles. The summed E-state index contributed by atoms with van der Waals surface area (Å²) in [4.78, 5) is 12.7. The molecule has 0 aromatic heterocycles. The highest BCUT2D eigenvalue weighted by atomic mass is 16.5. The van der Waals surface area contributed by atoms with Gasteiger partial charge in [0, 0.05) is 25.4 Å². The van der Waals surface area contributed by atoms with Crippen LogP contribution in [0, 0.1) is 0 Å². The van der Waals surface area contributed by atoms with Crippen molar-refractivity contribution in [1.29, 1.82) is 0 Å². The van der Waals surface area contributed by atoms with Crippen molar-refractivity contribution in [1.82, 2.24) is 4.90 Å². The van der Waals surface area contributed by atoms with E-state index in [1.807, 2.05) is 4.90 Å². The molecule has 1 unspecified atom stereocenters. The van der Waals surface area contributed by atoms with Crippen LogP contribution >= 0.6 is 0 Å².